The minimum atomic E-state index is -0.417. The third kappa shape index (κ3) is 2.88. The molecule has 0 radical (unpaired) electrons. The Morgan fingerprint density at radius 1 is 1.64 bits per heavy atom. The molecular formula is C11H20ClNO. The molecule has 1 saturated carbocycles. The van der Waals surface area contributed by atoms with Gasteiger partial charge in [0, 0.05) is 6.54 Å². The third-order valence-electron chi connectivity index (χ3n) is 3.36. The summed E-state index contributed by atoms with van der Waals surface area (Å²) in [5, 5.41) is 2.49. The maximum atomic E-state index is 11.3. The zero-order valence-electron chi connectivity index (χ0n) is 9.27. The molecule has 0 saturated heterocycles. The van der Waals surface area contributed by atoms with Gasteiger partial charge in [0.2, 0.25) is 5.91 Å². The quantitative estimate of drug-likeness (QED) is 0.724. The molecule has 0 spiro atoms. The first kappa shape index (κ1) is 11.8. The molecule has 2 atom stereocenters. The van der Waals surface area contributed by atoms with E-state index < -0.39 is 5.38 Å². The van der Waals surface area contributed by atoms with E-state index in [4.69, 9.17) is 11.6 Å². The Kier molecular flexibility index (Phi) is 3.82. The largest absolute Gasteiger partial charge is 0.355 e. The van der Waals surface area contributed by atoms with E-state index in [1.54, 1.807) is 6.92 Å². The Bertz CT molecular complexity index is 213. The second-order valence-corrected chi connectivity index (χ2v) is 5.59. The van der Waals surface area contributed by atoms with E-state index >= 15 is 0 Å². The lowest BCUT2D eigenvalue weighted by atomic mass is 9.82. The van der Waals surface area contributed by atoms with E-state index in [2.05, 4.69) is 19.2 Å². The van der Waals surface area contributed by atoms with E-state index in [0.717, 1.165) is 6.54 Å². The van der Waals surface area contributed by atoms with Crippen LogP contribution < -0.4 is 5.32 Å². The summed E-state index contributed by atoms with van der Waals surface area (Å²) in [5.74, 6) is 0.566. The molecule has 2 nitrogen and oxygen atoms in total. The van der Waals surface area contributed by atoms with Gasteiger partial charge in [-0.2, -0.15) is 0 Å². The first-order valence-corrected chi connectivity index (χ1v) is 5.79. The number of carbonyl (C=O) groups excluding carboxylic acids is 1. The van der Waals surface area contributed by atoms with E-state index in [1.165, 1.54) is 19.3 Å². The Labute approximate surface area is 91.4 Å². The van der Waals surface area contributed by atoms with Gasteiger partial charge >= 0.3 is 0 Å². The molecule has 3 heteroatoms. The molecule has 1 fully saturated rings. The number of hydrogen-bond donors (Lipinski definition) is 1. The Balaban J connectivity index is 2.35. The predicted molar refractivity (Wildman–Crippen MR) is 59.4 cm³/mol. The van der Waals surface area contributed by atoms with Crippen molar-refractivity contribution in [2.24, 2.45) is 11.3 Å². The molecule has 1 rings (SSSR count). The van der Waals surface area contributed by atoms with Crippen molar-refractivity contribution in [3.05, 3.63) is 0 Å². The smallest absolute Gasteiger partial charge is 0.237 e. The number of rotatable bonds is 3. The summed E-state index contributed by atoms with van der Waals surface area (Å²) in [7, 11) is 0. The highest BCUT2D eigenvalue weighted by molar-refractivity contribution is 6.30. The molecule has 1 aliphatic carbocycles. The molecule has 2 unspecified atom stereocenters. The molecule has 82 valence electrons. The Morgan fingerprint density at radius 3 is 2.71 bits per heavy atom. The molecule has 0 aromatic carbocycles. The minimum Gasteiger partial charge on any atom is -0.355 e. The Hall–Kier alpha value is -0.240. The van der Waals surface area contributed by atoms with Gasteiger partial charge in [-0.1, -0.05) is 20.3 Å². The van der Waals surface area contributed by atoms with Gasteiger partial charge in [0.15, 0.2) is 0 Å². The van der Waals surface area contributed by atoms with E-state index in [-0.39, 0.29) is 5.91 Å². The fourth-order valence-corrected chi connectivity index (χ4v) is 2.22. The van der Waals surface area contributed by atoms with E-state index in [1.807, 2.05) is 0 Å². The molecular weight excluding hydrogens is 198 g/mol. The molecule has 1 amide bonds. The predicted octanol–water partition coefficient (Wildman–Crippen LogP) is 2.56. The number of carbonyl (C=O) groups is 1. The topological polar surface area (TPSA) is 29.1 Å². The van der Waals surface area contributed by atoms with E-state index in [9.17, 15) is 4.79 Å². The van der Waals surface area contributed by atoms with Gasteiger partial charge in [-0.05, 0) is 31.1 Å². The van der Waals surface area contributed by atoms with Crippen LogP contribution in [0.15, 0.2) is 0 Å². The molecule has 0 aromatic rings. The third-order valence-corrected chi connectivity index (χ3v) is 3.56. The summed E-state index contributed by atoms with van der Waals surface area (Å²) in [6.45, 7) is 7.04. The average Bonchev–Trinajstić information content (AvgIpc) is 2.40. The maximum Gasteiger partial charge on any atom is 0.237 e. The highest BCUT2D eigenvalue weighted by Gasteiger charge is 2.34. The molecule has 0 bridgehead atoms. The van der Waals surface area contributed by atoms with Gasteiger partial charge < -0.3 is 5.32 Å². The fraction of sp³-hybridized carbons (Fsp3) is 0.909. The van der Waals surface area contributed by atoms with Crippen molar-refractivity contribution in [1.82, 2.24) is 5.32 Å². The molecule has 14 heavy (non-hydrogen) atoms. The lowest BCUT2D eigenvalue weighted by molar-refractivity contribution is -0.120. The van der Waals surface area contributed by atoms with Gasteiger partial charge in [0.25, 0.3) is 0 Å². The van der Waals surface area contributed by atoms with Crippen LogP contribution in [0, 0.1) is 11.3 Å². The zero-order valence-corrected chi connectivity index (χ0v) is 10.0. The van der Waals surface area contributed by atoms with Gasteiger partial charge in [-0.3, -0.25) is 4.79 Å². The first-order valence-electron chi connectivity index (χ1n) is 5.35. The second kappa shape index (κ2) is 4.52. The summed E-state index contributed by atoms with van der Waals surface area (Å²) in [6.07, 6.45) is 3.78. The molecule has 0 aromatic heterocycles. The van der Waals surface area contributed by atoms with Gasteiger partial charge in [0.05, 0.1) is 0 Å². The van der Waals surface area contributed by atoms with Gasteiger partial charge in [0.1, 0.15) is 5.38 Å². The van der Waals surface area contributed by atoms with Crippen LogP contribution in [-0.4, -0.2) is 17.8 Å². The fourth-order valence-electron chi connectivity index (χ4n) is 2.14. The summed E-state index contributed by atoms with van der Waals surface area (Å²) in [4.78, 5) is 11.3. The summed E-state index contributed by atoms with van der Waals surface area (Å²) in [5.41, 5.74) is 0.378. The number of hydrogen-bond acceptors (Lipinski definition) is 1. The van der Waals surface area contributed by atoms with Crippen LogP contribution in [-0.2, 0) is 4.79 Å². The van der Waals surface area contributed by atoms with Gasteiger partial charge in [-0.15, -0.1) is 11.6 Å². The van der Waals surface area contributed by atoms with Crippen LogP contribution in [0.1, 0.15) is 40.0 Å². The van der Waals surface area contributed by atoms with Crippen LogP contribution in [0.4, 0.5) is 0 Å². The molecule has 0 aliphatic heterocycles. The van der Waals surface area contributed by atoms with Crippen LogP contribution in [0.3, 0.4) is 0 Å². The number of nitrogens with one attached hydrogen (secondary N) is 1. The summed E-state index contributed by atoms with van der Waals surface area (Å²) in [6, 6.07) is 0. The standard InChI is InChI=1S/C11H20ClNO/c1-8(12)10(14)13-7-9-5-4-6-11(9,2)3/h8-9H,4-7H2,1-3H3,(H,13,14). The van der Waals surface area contributed by atoms with E-state index in [0.29, 0.717) is 11.3 Å². The van der Waals surface area contributed by atoms with Crippen molar-refractivity contribution >= 4 is 17.5 Å². The van der Waals surface area contributed by atoms with Crippen LogP contribution in [0.2, 0.25) is 0 Å². The lowest BCUT2D eigenvalue weighted by Crippen LogP contribution is -2.36. The average molecular weight is 218 g/mol. The first-order chi connectivity index (χ1) is 6.43. The van der Waals surface area contributed by atoms with Crippen LogP contribution in [0.5, 0.6) is 0 Å². The summed E-state index contributed by atoms with van der Waals surface area (Å²) < 4.78 is 0. The van der Waals surface area contributed by atoms with Crippen molar-refractivity contribution in [3.63, 3.8) is 0 Å². The highest BCUT2D eigenvalue weighted by Crippen LogP contribution is 2.41. The maximum absolute atomic E-state index is 11.3. The van der Waals surface area contributed by atoms with Crippen molar-refractivity contribution in [3.8, 4) is 0 Å². The summed E-state index contributed by atoms with van der Waals surface area (Å²) >= 11 is 5.67. The molecule has 0 heterocycles. The van der Waals surface area contributed by atoms with Crippen LogP contribution in [0.25, 0.3) is 0 Å². The zero-order chi connectivity index (χ0) is 10.8. The SMILES string of the molecule is CC(Cl)C(=O)NCC1CCCC1(C)C. The number of amides is 1. The number of halogens is 1. The normalized spacial score (nSPS) is 27.3. The monoisotopic (exact) mass is 217 g/mol. The van der Waals surface area contributed by atoms with Crippen LogP contribution >= 0.6 is 11.6 Å². The van der Waals surface area contributed by atoms with Crippen molar-refractivity contribution in [2.45, 2.75) is 45.4 Å². The minimum absolute atomic E-state index is 0.0469. The lowest BCUT2D eigenvalue weighted by Gasteiger charge is -2.27. The highest BCUT2D eigenvalue weighted by atomic mass is 35.5. The van der Waals surface area contributed by atoms with Crippen molar-refractivity contribution in [2.75, 3.05) is 6.54 Å². The van der Waals surface area contributed by atoms with Gasteiger partial charge in [-0.25, -0.2) is 0 Å². The number of alkyl halides is 1. The Morgan fingerprint density at radius 2 is 2.29 bits per heavy atom. The molecule has 1 N–H and O–H groups in total. The second-order valence-electron chi connectivity index (χ2n) is 4.94. The molecule has 1 aliphatic rings. The van der Waals surface area contributed by atoms with Crippen molar-refractivity contribution in [1.29, 1.82) is 0 Å². The van der Waals surface area contributed by atoms with Crippen molar-refractivity contribution < 1.29 is 4.79 Å².